The van der Waals surface area contributed by atoms with E-state index in [9.17, 15) is 4.79 Å². The monoisotopic (exact) mass is 239 g/mol. The van der Waals surface area contributed by atoms with Crippen molar-refractivity contribution >= 4 is 0 Å². The van der Waals surface area contributed by atoms with Crippen molar-refractivity contribution in [3.8, 4) is 0 Å². The van der Waals surface area contributed by atoms with Gasteiger partial charge in [-0.15, -0.1) is 0 Å². The van der Waals surface area contributed by atoms with E-state index < -0.39 is 0 Å². The highest BCUT2D eigenvalue weighted by Crippen LogP contribution is 2.02. The minimum Gasteiger partial charge on any atom is -0.315 e. The van der Waals surface area contributed by atoms with E-state index in [4.69, 9.17) is 0 Å². The fraction of sp³-hybridized carbons (Fsp3) is 0.769. The average Bonchev–Trinajstić information content (AvgIpc) is 2.66. The Morgan fingerprint density at radius 3 is 2.53 bits per heavy atom. The molecule has 0 aliphatic heterocycles. The molecule has 0 saturated heterocycles. The van der Waals surface area contributed by atoms with Crippen LogP contribution in [0.3, 0.4) is 0 Å². The summed E-state index contributed by atoms with van der Waals surface area (Å²) in [4.78, 5) is 11.7. The lowest BCUT2D eigenvalue weighted by Crippen LogP contribution is -2.26. The van der Waals surface area contributed by atoms with E-state index in [1.807, 2.05) is 19.3 Å². The molecule has 1 unspecified atom stereocenters. The Morgan fingerprint density at radius 2 is 1.94 bits per heavy atom. The van der Waals surface area contributed by atoms with Gasteiger partial charge in [0.1, 0.15) is 0 Å². The third-order valence-electron chi connectivity index (χ3n) is 3.10. The maximum absolute atomic E-state index is 11.7. The van der Waals surface area contributed by atoms with Crippen molar-refractivity contribution in [1.29, 1.82) is 0 Å². The van der Waals surface area contributed by atoms with Crippen molar-refractivity contribution in [1.82, 2.24) is 14.5 Å². The maximum Gasteiger partial charge on any atom is 0.328 e. The van der Waals surface area contributed by atoms with Crippen LogP contribution in [0.5, 0.6) is 0 Å². The molecule has 0 spiro atoms. The van der Waals surface area contributed by atoms with Crippen LogP contribution in [0.1, 0.15) is 40.0 Å². The number of rotatable bonds is 8. The molecule has 0 radical (unpaired) electrons. The first kappa shape index (κ1) is 14.0. The topological polar surface area (TPSA) is 39.0 Å². The van der Waals surface area contributed by atoms with E-state index in [1.54, 1.807) is 9.13 Å². The molecule has 17 heavy (non-hydrogen) atoms. The fourth-order valence-electron chi connectivity index (χ4n) is 2.05. The SMILES string of the molecule is CCNC(C)CCCCn1ccn(CC)c1=O. The van der Waals surface area contributed by atoms with Crippen molar-refractivity contribution < 1.29 is 0 Å². The summed E-state index contributed by atoms with van der Waals surface area (Å²) >= 11 is 0. The van der Waals surface area contributed by atoms with Crippen LogP contribution in [-0.4, -0.2) is 21.7 Å². The molecule has 0 fully saturated rings. The van der Waals surface area contributed by atoms with Crippen molar-refractivity contribution in [2.45, 2.75) is 59.2 Å². The molecule has 0 bridgehead atoms. The van der Waals surface area contributed by atoms with Crippen LogP contribution in [0, 0.1) is 0 Å². The van der Waals surface area contributed by atoms with E-state index >= 15 is 0 Å². The number of hydrogen-bond donors (Lipinski definition) is 1. The number of aromatic nitrogens is 2. The van der Waals surface area contributed by atoms with Gasteiger partial charge in [-0.2, -0.15) is 0 Å². The van der Waals surface area contributed by atoms with Crippen LogP contribution < -0.4 is 11.0 Å². The van der Waals surface area contributed by atoms with Crippen molar-refractivity contribution in [2.24, 2.45) is 0 Å². The predicted octanol–water partition coefficient (Wildman–Crippen LogP) is 1.84. The van der Waals surface area contributed by atoms with Gasteiger partial charge < -0.3 is 5.32 Å². The molecule has 1 atom stereocenters. The molecule has 4 nitrogen and oxygen atoms in total. The van der Waals surface area contributed by atoms with Crippen LogP contribution in [0.2, 0.25) is 0 Å². The number of unbranched alkanes of at least 4 members (excludes halogenated alkanes) is 1. The quantitative estimate of drug-likeness (QED) is 0.703. The predicted molar refractivity (Wildman–Crippen MR) is 71.4 cm³/mol. The summed E-state index contributed by atoms with van der Waals surface area (Å²) in [6.07, 6.45) is 7.17. The largest absolute Gasteiger partial charge is 0.328 e. The number of nitrogens with one attached hydrogen (secondary N) is 1. The number of nitrogens with zero attached hydrogens (tertiary/aromatic N) is 2. The molecule has 1 aromatic heterocycles. The zero-order valence-electron chi connectivity index (χ0n) is 11.3. The summed E-state index contributed by atoms with van der Waals surface area (Å²) < 4.78 is 3.54. The van der Waals surface area contributed by atoms with Gasteiger partial charge >= 0.3 is 5.69 Å². The normalized spacial score (nSPS) is 12.9. The van der Waals surface area contributed by atoms with Crippen LogP contribution in [0.4, 0.5) is 0 Å². The number of hydrogen-bond acceptors (Lipinski definition) is 2. The van der Waals surface area contributed by atoms with Crippen LogP contribution in [0.25, 0.3) is 0 Å². The van der Waals surface area contributed by atoms with Gasteiger partial charge in [-0.1, -0.05) is 13.3 Å². The molecule has 0 aromatic carbocycles. The molecule has 1 N–H and O–H groups in total. The Bertz CT molecular complexity index is 367. The van der Waals surface area contributed by atoms with E-state index in [-0.39, 0.29) is 5.69 Å². The second kappa shape index (κ2) is 7.33. The van der Waals surface area contributed by atoms with Crippen LogP contribution in [-0.2, 0) is 13.1 Å². The fourth-order valence-corrected chi connectivity index (χ4v) is 2.05. The third-order valence-corrected chi connectivity index (χ3v) is 3.10. The van der Waals surface area contributed by atoms with Crippen molar-refractivity contribution in [3.05, 3.63) is 22.9 Å². The first-order valence-electron chi connectivity index (χ1n) is 6.68. The van der Waals surface area contributed by atoms with Gasteiger partial charge in [0.05, 0.1) is 0 Å². The van der Waals surface area contributed by atoms with E-state index in [1.165, 1.54) is 6.42 Å². The first-order chi connectivity index (χ1) is 8.19. The molecule has 1 heterocycles. The van der Waals surface area contributed by atoms with E-state index in [0.717, 1.165) is 32.5 Å². The minimum atomic E-state index is 0.118. The highest BCUT2D eigenvalue weighted by molar-refractivity contribution is 4.80. The Balaban J connectivity index is 2.26. The molecule has 0 aliphatic carbocycles. The number of imidazole rings is 1. The summed E-state index contributed by atoms with van der Waals surface area (Å²) in [5.41, 5.74) is 0.118. The van der Waals surface area contributed by atoms with Gasteiger partial charge in [-0.05, 0) is 33.2 Å². The number of aryl methyl sites for hydroxylation is 2. The minimum absolute atomic E-state index is 0.118. The first-order valence-corrected chi connectivity index (χ1v) is 6.68. The lowest BCUT2D eigenvalue weighted by Gasteiger charge is -2.11. The Hall–Kier alpha value is -1.03. The van der Waals surface area contributed by atoms with Gasteiger partial charge in [0.2, 0.25) is 0 Å². The van der Waals surface area contributed by atoms with E-state index in [0.29, 0.717) is 6.04 Å². The van der Waals surface area contributed by atoms with E-state index in [2.05, 4.69) is 19.2 Å². The lowest BCUT2D eigenvalue weighted by atomic mass is 10.1. The summed E-state index contributed by atoms with van der Waals surface area (Å²) in [6, 6.07) is 0.581. The molecule has 4 heteroatoms. The standard InChI is InChI=1S/C13H25N3O/c1-4-14-12(3)8-6-7-9-16-11-10-15(5-2)13(16)17/h10-12,14H,4-9H2,1-3H3. The highest BCUT2D eigenvalue weighted by atomic mass is 16.1. The molecule has 1 aromatic rings. The molecule has 0 saturated carbocycles. The summed E-state index contributed by atoms with van der Waals surface area (Å²) in [7, 11) is 0. The van der Waals surface area contributed by atoms with Gasteiger partial charge in [0.15, 0.2) is 0 Å². The zero-order chi connectivity index (χ0) is 12.7. The summed E-state index contributed by atoms with van der Waals surface area (Å²) in [5.74, 6) is 0. The second-order valence-electron chi connectivity index (χ2n) is 4.51. The summed E-state index contributed by atoms with van der Waals surface area (Å²) in [5, 5.41) is 3.40. The highest BCUT2D eigenvalue weighted by Gasteiger charge is 2.02. The molecule has 0 amide bonds. The molecular formula is C13H25N3O. The second-order valence-corrected chi connectivity index (χ2v) is 4.51. The Morgan fingerprint density at radius 1 is 1.24 bits per heavy atom. The molecule has 1 rings (SSSR count). The average molecular weight is 239 g/mol. The Kier molecular flexibility index (Phi) is 6.05. The van der Waals surface area contributed by atoms with Gasteiger partial charge in [-0.25, -0.2) is 4.79 Å². The summed E-state index contributed by atoms with van der Waals surface area (Å²) in [6.45, 7) is 8.95. The van der Waals surface area contributed by atoms with Crippen molar-refractivity contribution in [2.75, 3.05) is 6.54 Å². The van der Waals surface area contributed by atoms with Crippen molar-refractivity contribution in [3.63, 3.8) is 0 Å². The Labute approximate surface area is 104 Å². The van der Waals surface area contributed by atoms with Crippen LogP contribution >= 0.6 is 0 Å². The zero-order valence-corrected chi connectivity index (χ0v) is 11.3. The third kappa shape index (κ3) is 4.38. The van der Waals surface area contributed by atoms with Gasteiger partial charge in [0, 0.05) is 31.5 Å². The molecule has 98 valence electrons. The van der Waals surface area contributed by atoms with Crippen LogP contribution in [0.15, 0.2) is 17.2 Å². The van der Waals surface area contributed by atoms with Gasteiger partial charge in [-0.3, -0.25) is 9.13 Å². The lowest BCUT2D eigenvalue weighted by molar-refractivity contribution is 0.481. The van der Waals surface area contributed by atoms with Gasteiger partial charge in [0.25, 0.3) is 0 Å². The molecule has 0 aliphatic rings. The smallest absolute Gasteiger partial charge is 0.315 e. The maximum atomic E-state index is 11.7. The molecular weight excluding hydrogens is 214 g/mol.